The van der Waals surface area contributed by atoms with Gasteiger partial charge in [-0.1, -0.05) is 0 Å². The van der Waals surface area contributed by atoms with Gasteiger partial charge in [0.2, 0.25) is 0 Å². The summed E-state index contributed by atoms with van der Waals surface area (Å²) in [6.45, 7) is 14.1. The summed E-state index contributed by atoms with van der Waals surface area (Å²) >= 11 is 0. The van der Waals surface area contributed by atoms with E-state index in [9.17, 15) is 8.42 Å². The van der Waals surface area contributed by atoms with Crippen LogP contribution in [0, 0.1) is 0 Å². The highest BCUT2D eigenvalue weighted by Crippen LogP contribution is 1.89. The lowest BCUT2D eigenvalue weighted by molar-refractivity contribution is -0.0303. The number of ether oxygens (including phenoxy) is 16. The lowest BCUT2D eigenvalue weighted by Crippen LogP contribution is -2.16. The molecule has 0 aliphatic rings. The summed E-state index contributed by atoms with van der Waals surface area (Å²) in [6.07, 6.45) is 0. The van der Waals surface area contributed by atoms with Gasteiger partial charge in [0.25, 0.3) is 0 Å². The second-order valence-corrected chi connectivity index (χ2v) is 11.5. The Hall–Kier alpha value is -0.770. The summed E-state index contributed by atoms with van der Waals surface area (Å²) in [5.74, 6) is 0. The summed E-state index contributed by atoms with van der Waals surface area (Å²) in [6, 6.07) is 0. The lowest BCUT2D eigenvalue weighted by atomic mass is 10.6. The van der Waals surface area contributed by atoms with Gasteiger partial charge in [0.1, 0.15) is 0 Å². The van der Waals surface area contributed by atoms with Crippen LogP contribution in [0.2, 0.25) is 0 Å². The lowest BCUT2D eigenvalue weighted by Gasteiger charge is -2.09. The van der Waals surface area contributed by atoms with E-state index in [1.165, 1.54) is 0 Å². The first-order chi connectivity index (χ1) is 26.6. The molecule has 20 nitrogen and oxygen atoms in total. The first kappa shape index (κ1) is 53.2. The van der Waals surface area contributed by atoms with Gasteiger partial charge in [0.05, 0.1) is 211 Å². The molecule has 54 heavy (non-hydrogen) atoms. The third-order valence-corrected chi connectivity index (χ3v) is 6.56. The predicted molar refractivity (Wildman–Crippen MR) is 192 cm³/mol. The van der Waals surface area contributed by atoms with Crippen molar-refractivity contribution in [3.63, 3.8) is 0 Å². The van der Waals surface area contributed by atoms with E-state index < -0.39 is 10.4 Å². The molecule has 0 amide bonds. The normalized spacial score (nSPS) is 12.0. The van der Waals surface area contributed by atoms with Crippen LogP contribution in [0.1, 0.15) is 0 Å². The zero-order valence-electron chi connectivity index (χ0n) is 32.2. The Morgan fingerprint density at radius 1 is 0.259 bits per heavy atom. The molecule has 0 aliphatic carbocycles. The molecule has 0 radical (unpaired) electrons. The predicted octanol–water partition coefficient (Wildman–Crippen LogP) is -0.299. The molecule has 21 heteroatoms. The Morgan fingerprint density at radius 2 is 0.389 bits per heavy atom. The fraction of sp³-hybridized carbons (Fsp3) is 1.00. The fourth-order valence-electron chi connectivity index (χ4n) is 3.52. The van der Waals surface area contributed by atoms with E-state index in [2.05, 4.69) is 4.18 Å². The van der Waals surface area contributed by atoms with Crippen LogP contribution >= 0.6 is 0 Å². The minimum Gasteiger partial charge on any atom is -0.382 e. The van der Waals surface area contributed by atoms with Gasteiger partial charge < -0.3 is 75.8 Å². The zero-order valence-corrected chi connectivity index (χ0v) is 33.1. The number of hydrogen-bond acceptors (Lipinski definition) is 19. The molecule has 0 spiro atoms. The average molecular weight is 817 g/mol. The molecular weight excluding hydrogens is 748 g/mol. The molecule has 0 aliphatic heterocycles. The Bertz CT molecular complexity index is 800. The van der Waals surface area contributed by atoms with E-state index >= 15 is 0 Å². The number of methoxy groups -OCH3 is 1. The van der Waals surface area contributed by atoms with E-state index in [-0.39, 0.29) is 19.8 Å². The van der Waals surface area contributed by atoms with Crippen molar-refractivity contribution in [3.05, 3.63) is 0 Å². The van der Waals surface area contributed by atoms with Crippen LogP contribution in [0.5, 0.6) is 0 Å². The van der Waals surface area contributed by atoms with Gasteiger partial charge in [0, 0.05) is 7.11 Å². The third kappa shape index (κ3) is 51.2. The molecule has 0 aromatic carbocycles. The van der Waals surface area contributed by atoms with Gasteiger partial charge in [-0.2, -0.15) is 8.42 Å². The van der Waals surface area contributed by atoms with Crippen LogP contribution in [0.15, 0.2) is 0 Å². The van der Waals surface area contributed by atoms with Crippen molar-refractivity contribution < 1.29 is 92.9 Å². The van der Waals surface area contributed by atoms with E-state index in [0.717, 1.165) is 0 Å². The van der Waals surface area contributed by atoms with Crippen molar-refractivity contribution in [2.45, 2.75) is 0 Å². The van der Waals surface area contributed by atoms with Crippen molar-refractivity contribution in [2.75, 3.05) is 219 Å². The van der Waals surface area contributed by atoms with E-state index in [4.69, 9.17) is 80.3 Å². The average Bonchev–Trinajstić information content (AvgIpc) is 3.15. The first-order valence-corrected chi connectivity index (χ1v) is 19.7. The summed E-state index contributed by atoms with van der Waals surface area (Å²) in [5.41, 5.74) is 0. The molecule has 0 rings (SSSR count). The molecule has 0 aromatic rings. The maximum atomic E-state index is 10.3. The maximum Gasteiger partial charge on any atom is 0.397 e. The Kier molecular flexibility index (Phi) is 45.9. The van der Waals surface area contributed by atoms with Crippen LogP contribution in [0.25, 0.3) is 0 Å². The van der Waals surface area contributed by atoms with Crippen molar-refractivity contribution in [2.24, 2.45) is 0 Å². The van der Waals surface area contributed by atoms with Crippen LogP contribution < -0.4 is 0 Å². The van der Waals surface area contributed by atoms with Crippen LogP contribution in [0.3, 0.4) is 0 Å². The SMILES string of the molecule is COCCOCCOCCOCCOCCOCCOCCOCCOCCOCCOCCOCCOCCOCCOCCOCCOS(=O)(=O)O. The smallest absolute Gasteiger partial charge is 0.382 e. The summed E-state index contributed by atoms with van der Waals surface area (Å²) in [5, 5.41) is 0. The summed E-state index contributed by atoms with van der Waals surface area (Å²) in [4.78, 5) is 0. The second kappa shape index (κ2) is 46.6. The summed E-state index contributed by atoms with van der Waals surface area (Å²) < 4.78 is 119. The molecule has 1 N–H and O–H groups in total. The molecule has 0 saturated heterocycles. The van der Waals surface area contributed by atoms with E-state index in [0.29, 0.717) is 192 Å². The van der Waals surface area contributed by atoms with Gasteiger partial charge >= 0.3 is 10.4 Å². The molecule has 0 saturated carbocycles. The minimum atomic E-state index is -4.43. The van der Waals surface area contributed by atoms with Gasteiger partial charge in [0.15, 0.2) is 0 Å². The Balaban J connectivity index is 3.07. The molecule has 0 bridgehead atoms. The molecule has 0 heterocycles. The highest BCUT2D eigenvalue weighted by Gasteiger charge is 2.03. The zero-order chi connectivity index (χ0) is 39.1. The van der Waals surface area contributed by atoms with Gasteiger partial charge in [-0.25, -0.2) is 4.18 Å². The highest BCUT2D eigenvalue weighted by molar-refractivity contribution is 7.80. The molecule has 0 fully saturated rings. The third-order valence-electron chi connectivity index (χ3n) is 6.10. The summed E-state index contributed by atoms with van der Waals surface area (Å²) in [7, 11) is -2.79. The van der Waals surface area contributed by atoms with Crippen LogP contribution in [-0.4, -0.2) is 232 Å². The van der Waals surface area contributed by atoms with E-state index in [1.807, 2.05) is 0 Å². The minimum absolute atomic E-state index is 0.0269. The van der Waals surface area contributed by atoms with Gasteiger partial charge in [-0.15, -0.1) is 0 Å². The topological polar surface area (TPSA) is 211 Å². The quantitative estimate of drug-likeness (QED) is 0.0617. The van der Waals surface area contributed by atoms with Crippen LogP contribution in [-0.2, 0) is 90.4 Å². The molecule has 0 atom stereocenters. The number of rotatable bonds is 49. The standard InChI is InChI=1S/C33H68O20S/c1-37-2-3-38-4-5-39-6-7-40-8-9-41-10-11-42-12-13-43-14-15-44-16-17-45-18-19-46-20-21-47-22-23-48-24-25-49-26-27-50-28-29-51-30-31-52-32-33-53-54(34,35)36/h2-33H2,1H3,(H,34,35,36). The largest absolute Gasteiger partial charge is 0.397 e. The molecule has 326 valence electrons. The molecular formula is C33H68O20S. The van der Waals surface area contributed by atoms with Crippen molar-refractivity contribution in [1.82, 2.24) is 0 Å². The van der Waals surface area contributed by atoms with Crippen molar-refractivity contribution in [3.8, 4) is 0 Å². The first-order valence-electron chi connectivity index (χ1n) is 18.3. The van der Waals surface area contributed by atoms with Gasteiger partial charge in [-0.05, 0) is 0 Å². The monoisotopic (exact) mass is 816 g/mol. The second-order valence-electron chi connectivity index (χ2n) is 10.4. The maximum absolute atomic E-state index is 10.3. The van der Waals surface area contributed by atoms with E-state index in [1.54, 1.807) is 7.11 Å². The van der Waals surface area contributed by atoms with Gasteiger partial charge in [-0.3, -0.25) is 4.55 Å². The van der Waals surface area contributed by atoms with Crippen LogP contribution in [0.4, 0.5) is 0 Å². The highest BCUT2D eigenvalue weighted by atomic mass is 32.3. The molecule has 0 unspecified atom stereocenters. The Labute approximate surface area is 321 Å². The number of hydrogen-bond donors (Lipinski definition) is 1. The molecule has 0 aromatic heterocycles. The van der Waals surface area contributed by atoms with Crippen molar-refractivity contribution >= 4 is 10.4 Å². The Morgan fingerprint density at radius 3 is 0.519 bits per heavy atom. The fourth-order valence-corrected chi connectivity index (χ4v) is 3.80. The van der Waals surface area contributed by atoms with Crippen molar-refractivity contribution in [1.29, 1.82) is 0 Å².